The SMILES string of the molecule is CC/C=C\C/C=C\C/C=C\C/C=C\C/C=C\C/C=C\CCCOCC(COP(=O)([O-])OCC[N+](C)(C)C)OC(=O)CCCCCCCCCCCCCCCCCCCCCCCCCC. The summed E-state index contributed by atoms with van der Waals surface area (Å²) in [6.07, 6.45) is 65.3. The zero-order valence-electron chi connectivity index (χ0n) is 43.6. The number of likely N-dealkylation sites (N-methyl/N-ethyl adjacent to an activating group) is 1. The van der Waals surface area contributed by atoms with Crippen LogP contribution in [0.5, 0.6) is 0 Å². The van der Waals surface area contributed by atoms with Crippen LogP contribution in [-0.4, -0.2) is 70.7 Å². The fourth-order valence-electron chi connectivity index (χ4n) is 7.39. The minimum absolute atomic E-state index is 0.0133. The number of carbonyl (C=O) groups excluding carboxylic acids is 1. The third-order valence-corrected chi connectivity index (χ3v) is 12.5. The van der Waals surface area contributed by atoms with Gasteiger partial charge in [0.1, 0.15) is 19.3 Å². The fraction of sp³-hybridized carbons (Fsp3) is 0.772. The van der Waals surface area contributed by atoms with E-state index in [0.29, 0.717) is 24.1 Å². The van der Waals surface area contributed by atoms with E-state index in [1.807, 2.05) is 21.1 Å². The summed E-state index contributed by atoms with van der Waals surface area (Å²) in [5, 5.41) is 0. The smallest absolute Gasteiger partial charge is 0.306 e. The molecule has 0 aliphatic heterocycles. The van der Waals surface area contributed by atoms with Gasteiger partial charge < -0.3 is 27.9 Å². The predicted molar refractivity (Wildman–Crippen MR) is 282 cm³/mol. The van der Waals surface area contributed by atoms with Crippen LogP contribution < -0.4 is 4.89 Å². The normalized spacial score (nSPS) is 14.1. The van der Waals surface area contributed by atoms with E-state index in [2.05, 4.69) is 86.8 Å². The van der Waals surface area contributed by atoms with Gasteiger partial charge in [-0.15, -0.1) is 0 Å². The molecule has 0 bridgehead atoms. The van der Waals surface area contributed by atoms with Crippen molar-refractivity contribution >= 4 is 13.8 Å². The Morgan fingerprint density at radius 2 is 0.864 bits per heavy atom. The molecule has 0 amide bonds. The third kappa shape index (κ3) is 52.9. The summed E-state index contributed by atoms with van der Waals surface area (Å²) in [6.45, 7) is 5.16. The Kier molecular flexibility index (Phi) is 47.8. The van der Waals surface area contributed by atoms with Crippen molar-refractivity contribution in [1.29, 1.82) is 0 Å². The Hall–Kier alpha value is -2.06. The Morgan fingerprint density at radius 1 is 0.485 bits per heavy atom. The van der Waals surface area contributed by atoms with Crippen LogP contribution in [0.25, 0.3) is 0 Å². The molecule has 2 atom stereocenters. The van der Waals surface area contributed by atoms with E-state index in [1.165, 1.54) is 135 Å². The van der Waals surface area contributed by atoms with Gasteiger partial charge in [-0.25, -0.2) is 0 Å². The number of carbonyl (C=O) groups is 1. The van der Waals surface area contributed by atoms with Crippen LogP contribution in [0.1, 0.15) is 226 Å². The van der Waals surface area contributed by atoms with E-state index in [-0.39, 0.29) is 25.8 Å². The molecule has 0 aliphatic carbocycles. The van der Waals surface area contributed by atoms with Crippen LogP contribution in [0.4, 0.5) is 0 Å². The van der Waals surface area contributed by atoms with Crippen LogP contribution >= 0.6 is 7.82 Å². The fourth-order valence-corrected chi connectivity index (χ4v) is 8.12. The van der Waals surface area contributed by atoms with Crippen molar-refractivity contribution in [3.05, 3.63) is 72.9 Å². The standard InChI is InChI=1S/C57H104NO7P/c1-6-8-10-12-14-16-18-20-22-24-26-28-29-30-31-32-34-36-38-40-42-44-46-48-50-57(59)65-56(55-64-66(60,61)63-53-51-58(3,4)5)54-62-52-49-47-45-43-41-39-37-35-33-27-25-23-21-19-17-15-13-11-9-7-2/h9,11,15,17,21,23,27,33,37,39,43,45,56H,6-8,10,12-14,16,18-20,22,24-26,28-32,34-36,38,40-42,44,46-55H2,1-5H3/b11-9-,17-15-,23-21-,33-27-,39-37-,45-43-. The number of hydrogen-bond acceptors (Lipinski definition) is 7. The molecule has 0 aromatic carbocycles. The zero-order valence-corrected chi connectivity index (χ0v) is 44.5. The summed E-state index contributed by atoms with van der Waals surface area (Å²) < 4.78 is 34.7. The van der Waals surface area contributed by atoms with Crippen molar-refractivity contribution in [2.24, 2.45) is 0 Å². The van der Waals surface area contributed by atoms with Crippen LogP contribution in [0.2, 0.25) is 0 Å². The second kappa shape index (κ2) is 49.4. The third-order valence-electron chi connectivity index (χ3n) is 11.5. The number of phosphoric ester groups is 1. The van der Waals surface area contributed by atoms with Crippen molar-refractivity contribution in [1.82, 2.24) is 0 Å². The first-order valence-corrected chi connectivity index (χ1v) is 28.6. The summed E-state index contributed by atoms with van der Waals surface area (Å²) in [5.41, 5.74) is 0. The van der Waals surface area contributed by atoms with Gasteiger partial charge in [0.15, 0.2) is 0 Å². The van der Waals surface area contributed by atoms with E-state index in [9.17, 15) is 14.3 Å². The Morgan fingerprint density at radius 3 is 1.26 bits per heavy atom. The Balaban J connectivity index is 4.17. The first kappa shape index (κ1) is 63.9. The second-order valence-electron chi connectivity index (χ2n) is 19.2. The maximum absolute atomic E-state index is 12.8. The molecule has 0 heterocycles. The molecule has 0 rings (SSSR count). The molecule has 0 saturated carbocycles. The average molecular weight is 946 g/mol. The minimum Gasteiger partial charge on any atom is -0.756 e. The van der Waals surface area contributed by atoms with Gasteiger partial charge >= 0.3 is 5.97 Å². The zero-order chi connectivity index (χ0) is 48.3. The number of unbranched alkanes of at least 4 members (excludes halogenated alkanes) is 24. The monoisotopic (exact) mass is 946 g/mol. The first-order valence-electron chi connectivity index (χ1n) is 27.2. The van der Waals surface area contributed by atoms with Gasteiger partial charge in [-0.1, -0.05) is 234 Å². The number of ether oxygens (including phenoxy) is 2. The van der Waals surface area contributed by atoms with Crippen LogP contribution in [0.15, 0.2) is 72.9 Å². The lowest BCUT2D eigenvalue weighted by molar-refractivity contribution is -0.870. The summed E-state index contributed by atoms with van der Waals surface area (Å²) in [5.74, 6) is -0.351. The maximum atomic E-state index is 12.8. The lowest BCUT2D eigenvalue weighted by Crippen LogP contribution is -2.37. The van der Waals surface area contributed by atoms with Gasteiger partial charge in [0.05, 0.1) is 34.4 Å². The molecule has 0 aromatic heterocycles. The Labute approximate surface area is 408 Å². The molecule has 0 spiro atoms. The van der Waals surface area contributed by atoms with Gasteiger partial charge in [-0.05, 0) is 57.8 Å². The highest BCUT2D eigenvalue weighted by Gasteiger charge is 2.20. The average Bonchev–Trinajstić information content (AvgIpc) is 3.28. The lowest BCUT2D eigenvalue weighted by Gasteiger charge is -2.28. The van der Waals surface area contributed by atoms with Gasteiger partial charge in [0, 0.05) is 13.0 Å². The number of rotatable bonds is 50. The molecule has 2 unspecified atom stereocenters. The Bertz CT molecular complexity index is 1280. The molecular weight excluding hydrogens is 842 g/mol. The predicted octanol–water partition coefficient (Wildman–Crippen LogP) is 16.4. The maximum Gasteiger partial charge on any atom is 0.306 e. The molecule has 0 aromatic rings. The highest BCUT2D eigenvalue weighted by molar-refractivity contribution is 7.45. The second-order valence-corrected chi connectivity index (χ2v) is 20.6. The molecule has 66 heavy (non-hydrogen) atoms. The highest BCUT2D eigenvalue weighted by Crippen LogP contribution is 2.38. The lowest BCUT2D eigenvalue weighted by atomic mass is 10.0. The molecular formula is C57H104NO7P. The summed E-state index contributed by atoms with van der Waals surface area (Å²) in [4.78, 5) is 25.2. The summed E-state index contributed by atoms with van der Waals surface area (Å²) in [7, 11) is 1.32. The van der Waals surface area contributed by atoms with Crippen LogP contribution in [0, 0.1) is 0 Å². The molecule has 9 heteroatoms. The summed E-state index contributed by atoms with van der Waals surface area (Å²) >= 11 is 0. The van der Waals surface area contributed by atoms with Crippen LogP contribution in [-0.2, 0) is 27.9 Å². The molecule has 0 saturated heterocycles. The summed E-state index contributed by atoms with van der Waals surface area (Å²) in [6, 6.07) is 0. The number of phosphoric acid groups is 1. The van der Waals surface area contributed by atoms with Gasteiger partial charge in [0.25, 0.3) is 7.82 Å². The van der Waals surface area contributed by atoms with Gasteiger partial charge in [0.2, 0.25) is 0 Å². The number of allylic oxidation sites excluding steroid dienone is 12. The van der Waals surface area contributed by atoms with E-state index >= 15 is 0 Å². The van der Waals surface area contributed by atoms with Crippen molar-refractivity contribution in [2.45, 2.75) is 232 Å². The number of quaternary nitrogens is 1. The van der Waals surface area contributed by atoms with Crippen molar-refractivity contribution in [3.63, 3.8) is 0 Å². The highest BCUT2D eigenvalue weighted by atomic mass is 31.2. The molecule has 0 aliphatic rings. The van der Waals surface area contributed by atoms with E-state index < -0.39 is 13.9 Å². The molecule has 8 nitrogen and oxygen atoms in total. The first-order chi connectivity index (χ1) is 32.1. The minimum atomic E-state index is -4.55. The molecule has 384 valence electrons. The quantitative estimate of drug-likeness (QED) is 0.0197. The van der Waals surface area contributed by atoms with Crippen molar-refractivity contribution in [3.8, 4) is 0 Å². The number of nitrogens with zero attached hydrogens (tertiary/aromatic N) is 1. The molecule has 0 radical (unpaired) electrons. The van der Waals surface area contributed by atoms with E-state index in [4.69, 9.17) is 18.5 Å². The largest absolute Gasteiger partial charge is 0.756 e. The van der Waals surface area contributed by atoms with Gasteiger partial charge in [-0.2, -0.15) is 0 Å². The van der Waals surface area contributed by atoms with E-state index in [1.54, 1.807) is 0 Å². The van der Waals surface area contributed by atoms with Crippen LogP contribution in [0.3, 0.4) is 0 Å². The van der Waals surface area contributed by atoms with Crippen molar-refractivity contribution < 1.29 is 37.3 Å². The van der Waals surface area contributed by atoms with Gasteiger partial charge in [-0.3, -0.25) is 9.36 Å². The topological polar surface area (TPSA) is 94.1 Å². The number of esters is 1. The van der Waals surface area contributed by atoms with E-state index in [0.717, 1.165) is 70.6 Å². The van der Waals surface area contributed by atoms with Crippen molar-refractivity contribution in [2.75, 3.05) is 54.1 Å². The number of hydrogen-bond donors (Lipinski definition) is 0. The molecule has 0 fully saturated rings. The molecule has 0 N–H and O–H groups in total.